The van der Waals surface area contributed by atoms with Gasteiger partial charge in [0.05, 0.1) is 25.2 Å². The summed E-state index contributed by atoms with van der Waals surface area (Å²) >= 11 is 0. The molecule has 0 amide bonds. The number of aryl methyl sites for hydroxylation is 2. The third-order valence-corrected chi connectivity index (χ3v) is 3.01. The highest BCUT2D eigenvalue weighted by atomic mass is 16.3. The van der Waals surface area contributed by atoms with Crippen molar-refractivity contribution in [3.63, 3.8) is 0 Å². The summed E-state index contributed by atoms with van der Waals surface area (Å²) in [5.74, 6) is 0.423. The molecule has 0 radical (unpaired) electrons. The van der Waals surface area contributed by atoms with E-state index in [2.05, 4.69) is 11.9 Å². The van der Waals surface area contributed by atoms with Crippen LogP contribution >= 0.6 is 0 Å². The lowest BCUT2D eigenvalue weighted by Crippen LogP contribution is -2.43. The fraction of sp³-hybridized carbons (Fsp3) is 0.333. The number of hydrogen-bond acceptors (Lipinski definition) is 2. The third kappa shape index (κ3) is 3.22. The van der Waals surface area contributed by atoms with Gasteiger partial charge < -0.3 is 5.11 Å². The van der Waals surface area contributed by atoms with E-state index in [1.54, 1.807) is 0 Å². The number of aromatic nitrogens is 2. The van der Waals surface area contributed by atoms with Crippen LogP contribution < -0.4 is 9.67 Å². The number of para-hydroxylation sites is 1. The molecule has 1 heterocycles. The molecule has 0 saturated heterocycles. The molecule has 0 bridgehead atoms. The van der Waals surface area contributed by atoms with Crippen molar-refractivity contribution < 1.29 is 9.67 Å². The van der Waals surface area contributed by atoms with Crippen molar-refractivity contribution in [2.24, 2.45) is 12.0 Å². The van der Waals surface area contributed by atoms with Crippen molar-refractivity contribution in [1.29, 1.82) is 0 Å². The van der Waals surface area contributed by atoms with Gasteiger partial charge in [0.2, 0.25) is 0 Å². The Morgan fingerprint density at radius 2 is 2.05 bits per heavy atom. The number of unbranched alkanes of at least 4 members (excludes halogenated alkanes) is 1. The lowest BCUT2D eigenvalue weighted by atomic mass is 10.3. The molecule has 4 heteroatoms. The van der Waals surface area contributed by atoms with Crippen LogP contribution in [0.2, 0.25) is 0 Å². The van der Waals surface area contributed by atoms with Gasteiger partial charge in [-0.15, -0.1) is 0 Å². The minimum absolute atomic E-state index is 0.199. The van der Waals surface area contributed by atoms with Crippen LogP contribution in [0.3, 0.4) is 0 Å². The number of benzene rings is 1. The Hall–Kier alpha value is -2.10. The molecule has 0 atom stereocenters. The molecule has 0 aliphatic rings. The molecule has 0 spiro atoms. The second-order valence-electron chi connectivity index (χ2n) is 4.53. The van der Waals surface area contributed by atoms with Gasteiger partial charge in [-0.1, -0.05) is 31.5 Å². The van der Waals surface area contributed by atoms with Crippen molar-refractivity contribution in [1.82, 2.24) is 4.57 Å². The lowest BCUT2D eigenvalue weighted by Gasteiger charge is -2.09. The van der Waals surface area contributed by atoms with E-state index in [9.17, 15) is 5.11 Å². The smallest absolute Gasteiger partial charge is 0.292 e. The minimum Gasteiger partial charge on any atom is -0.853 e. The van der Waals surface area contributed by atoms with E-state index < -0.39 is 0 Å². The van der Waals surface area contributed by atoms with E-state index in [4.69, 9.17) is 0 Å². The van der Waals surface area contributed by atoms with Crippen LogP contribution in [0.1, 0.15) is 25.6 Å². The number of nitrogens with zero attached hydrogens (tertiary/aromatic N) is 3. The molecule has 0 aliphatic heterocycles. The predicted octanol–water partition coefficient (Wildman–Crippen LogP) is 1.55. The van der Waals surface area contributed by atoms with E-state index in [1.807, 2.05) is 58.9 Å². The second kappa shape index (κ2) is 6.18. The normalized spacial score (nSPS) is 11.8. The Morgan fingerprint density at radius 3 is 2.74 bits per heavy atom. The van der Waals surface area contributed by atoms with Crippen molar-refractivity contribution >= 4 is 11.6 Å². The van der Waals surface area contributed by atoms with Gasteiger partial charge in [-0.3, -0.25) is 4.99 Å². The van der Waals surface area contributed by atoms with Gasteiger partial charge in [0.1, 0.15) is 12.4 Å². The zero-order valence-corrected chi connectivity index (χ0v) is 11.4. The molecule has 19 heavy (non-hydrogen) atoms. The van der Waals surface area contributed by atoms with Crippen molar-refractivity contribution in [2.45, 2.75) is 26.3 Å². The summed E-state index contributed by atoms with van der Waals surface area (Å²) < 4.78 is 3.79. The topological polar surface area (TPSA) is 44.2 Å². The standard InChI is InChI=1S/C15H19N3O/c1-3-4-10-18-12-11-17(2)15(18)14(19)16-13-8-6-5-7-9-13/h5-9,11-12H,3-4,10H2,1-2H3. The van der Waals surface area contributed by atoms with Crippen LogP contribution in [0, 0.1) is 0 Å². The maximum Gasteiger partial charge on any atom is 0.292 e. The van der Waals surface area contributed by atoms with E-state index >= 15 is 0 Å². The molecule has 0 unspecified atom stereocenters. The maximum atomic E-state index is 12.3. The fourth-order valence-corrected chi connectivity index (χ4v) is 1.98. The predicted molar refractivity (Wildman–Crippen MR) is 73.2 cm³/mol. The molecule has 0 saturated carbocycles. The SMILES string of the molecule is CCCC[n+]1ccn(C)c1/C([O-])=N/c1ccccc1. The Balaban J connectivity index is 2.30. The molecule has 2 aromatic rings. The van der Waals surface area contributed by atoms with E-state index in [0.717, 1.165) is 19.4 Å². The molecule has 0 fully saturated rings. The second-order valence-corrected chi connectivity index (χ2v) is 4.53. The molecule has 0 aliphatic carbocycles. The van der Waals surface area contributed by atoms with Crippen molar-refractivity contribution in [3.8, 4) is 0 Å². The lowest BCUT2D eigenvalue weighted by molar-refractivity contribution is -0.700. The first-order chi connectivity index (χ1) is 9.22. The monoisotopic (exact) mass is 257 g/mol. The van der Waals surface area contributed by atoms with E-state index in [0.29, 0.717) is 11.5 Å². The van der Waals surface area contributed by atoms with Gasteiger partial charge in [0, 0.05) is 0 Å². The highest BCUT2D eigenvalue weighted by Crippen LogP contribution is 2.10. The van der Waals surface area contributed by atoms with E-state index in [-0.39, 0.29) is 5.90 Å². The molecule has 1 aromatic carbocycles. The minimum atomic E-state index is -0.199. The van der Waals surface area contributed by atoms with Gasteiger partial charge in [-0.2, -0.15) is 0 Å². The highest BCUT2D eigenvalue weighted by molar-refractivity contribution is 5.87. The first-order valence-electron chi connectivity index (χ1n) is 6.58. The first kappa shape index (κ1) is 13.3. The quantitative estimate of drug-likeness (QED) is 0.455. The zero-order chi connectivity index (χ0) is 13.7. The summed E-state index contributed by atoms with van der Waals surface area (Å²) in [5, 5.41) is 12.3. The van der Waals surface area contributed by atoms with Gasteiger partial charge in [0.15, 0.2) is 0 Å². The Kier molecular flexibility index (Phi) is 4.34. The Labute approximate surface area is 113 Å². The molecular weight excluding hydrogens is 238 g/mol. The van der Waals surface area contributed by atoms with Crippen LogP contribution in [0.5, 0.6) is 0 Å². The van der Waals surface area contributed by atoms with Gasteiger partial charge in [-0.25, -0.2) is 9.13 Å². The summed E-state index contributed by atoms with van der Waals surface area (Å²) in [4.78, 5) is 4.15. The Morgan fingerprint density at radius 1 is 1.32 bits per heavy atom. The van der Waals surface area contributed by atoms with Crippen LogP contribution in [0.4, 0.5) is 5.69 Å². The average molecular weight is 257 g/mol. The fourth-order valence-electron chi connectivity index (χ4n) is 1.98. The van der Waals surface area contributed by atoms with Crippen LogP contribution in [-0.4, -0.2) is 10.5 Å². The van der Waals surface area contributed by atoms with Gasteiger partial charge in [0.25, 0.3) is 5.82 Å². The van der Waals surface area contributed by atoms with Crippen molar-refractivity contribution in [3.05, 3.63) is 48.5 Å². The average Bonchev–Trinajstić information content (AvgIpc) is 2.78. The first-order valence-corrected chi connectivity index (χ1v) is 6.58. The number of hydrogen-bond donors (Lipinski definition) is 0. The summed E-state index contributed by atoms with van der Waals surface area (Å²) in [5.41, 5.74) is 0.691. The van der Waals surface area contributed by atoms with Crippen molar-refractivity contribution in [2.75, 3.05) is 0 Å². The summed E-state index contributed by atoms with van der Waals surface area (Å²) in [6.07, 6.45) is 5.98. The number of rotatable bonds is 5. The molecule has 100 valence electrons. The number of imidazole rings is 1. The van der Waals surface area contributed by atoms with Crippen LogP contribution in [0.25, 0.3) is 0 Å². The molecular formula is C15H19N3O. The maximum absolute atomic E-state index is 12.3. The largest absolute Gasteiger partial charge is 0.853 e. The summed E-state index contributed by atoms with van der Waals surface area (Å²) in [6, 6.07) is 9.33. The highest BCUT2D eigenvalue weighted by Gasteiger charge is 2.14. The van der Waals surface area contributed by atoms with Gasteiger partial charge in [-0.05, 0) is 18.6 Å². The number of aliphatic imine (C=N–C) groups is 1. The summed E-state index contributed by atoms with van der Waals surface area (Å²) in [7, 11) is 1.87. The van der Waals surface area contributed by atoms with Crippen LogP contribution in [0.15, 0.2) is 47.7 Å². The summed E-state index contributed by atoms with van der Waals surface area (Å²) in [6.45, 7) is 2.99. The molecule has 0 N–H and O–H groups in total. The van der Waals surface area contributed by atoms with E-state index in [1.165, 1.54) is 0 Å². The molecule has 4 nitrogen and oxygen atoms in total. The zero-order valence-electron chi connectivity index (χ0n) is 11.4. The molecule has 2 rings (SSSR count). The molecule has 1 aromatic heterocycles. The third-order valence-electron chi connectivity index (χ3n) is 3.01. The Bertz CT molecular complexity index is 558. The van der Waals surface area contributed by atoms with Gasteiger partial charge >= 0.3 is 0 Å². The van der Waals surface area contributed by atoms with Crippen LogP contribution in [-0.2, 0) is 13.6 Å².